The maximum absolute atomic E-state index is 13.5. The van der Waals surface area contributed by atoms with Gasteiger partial charge in [-0.25, -0.2) is 13.2 Å². The summed E-state index contributed by atoms with van der Waals surface area (Å²) in [6, 6.07) is 0. The minimum atomic E-state index is -2.35. The predicted molar refractivity (Wildman–Crippen MR) is 148 cm³/mol. The highest BCUT2D eigenvalue weighted by Gasteiger charge is 2.28. The Labute approximate surface area is 261 Å². The van der Waals surface area contributed by atoms with Gasteiger partial charge in [-0.3, -0.25) is 4.79 Å². The Morgan fingerprint density at radius 2 is 0.659 bits per heavy atom. The van der Waals surface area contributed by atoms with Gasteiger partial charge in [-0.2, -0.15) is 8.78 Å². The van der Waals surface area contributed by atoms with Crippen molar-refractivity contribution in [2.24, 2.45) is 0 Å². The van der Waals surface area contributed by atoms with Crippen LogP contribution in [0.25, 0.3) is 0 Å². The largest absolute Gasteiger partial charge is 0.420 e. The highest BCUT2D eigenvalue weighted by atomic mass is 79.9. The fourth-order valence-electron chi connectivity index (χ4n) is 2.91. The fraction of sp³-hybridized carbons (Fsp3) is 0.741. The zero-order chi connectivity index (χ0) is 32.3. The SMILES string of the molecule is O=C(CCOCCOCCOCCOCCOCCOCCOCCOCCOCCBr)Oc1c(F)c(F)c(F)c(F)c1F. The van der Waals surface area contributed by atoms with Gasteiger partial charge in [-0.05, 0) is 0 Å². The van der Waals surface area contributed by atoms with Crippen LogP contribution in [0.5, 0.6) is 5.75 Å². The molecule has 0 spiro atoms. The molecule has 1 aromatic carbocycles. The van der Waals surface area contributed by atoms with Crippen LogP contribution in [0, 0.1) is 29.1 Å². The van der Waals surface area contributed by atoms with Gasteiger partial charge in [0.05, 0.1) is 125 Å². The summed E-state index contributed by atoms with van der Waals surface area (Å²) in [5.41, 5.74) is 0. The van der Waals surface area contributed by atoms with Crippen LogP contribution < -0.4 is 4.74 Å². The first kappa shape index (κ1) is 40.5. The minimum Gasteiger partial charge on any atom is -0.420 e. The van der Waals surface area contributed by atoms with E-state index in [1.54, 1.807) is 0 Å². The van der Waals surface area contributed by atoms with Crippen molar-refractivity contribution in [2.75, 3.05) is 124 Å². The van der Waals surface area contributed by atoms with E-state index in [4.69, 9.17) is 42.6 Å². The third kappa shape index (κ3) is 19.8. The molecule has 0 amide bonds. The Morgan fingerprint density at radius 1 is 0.409 bits per heavy atom. The van der Waals surface area contributed by atoms with Gasteiger partial charge in [-0.15, -0.1) is 0 Å². The number of rotatable bonds is 30. The molecule has 17 heteroatoms. The van der Waals surface area contributed by atoms with Crippen molar-refractivity contribution in [3.05, 3.63) is 29.1 Å². The van der Waals surface area contributed by atoms with Crippen molar-refractivity contribution >= 4 is 21.9 Å². The molecular weight excluding hydrogens is 675 g/mol. The van der Waals surface area contributed by atoms with E-state index in [9.17, 15) is 26.7 Å². The van der Waals surface area contributed by atoms with Crippen molar-refractivity contribution in [3.63, 3.8) is 0 Å². The Balaban J connectivity index is 1.79. The summed E-state index contributed by atoms with van der Waals surface area (Å²) >= 11 is 3.28. The highest BCUT2D eigenvalue weighted by molar-refractivity contribution is 9.09. The van der Waals surface area contributed by atoms with Crippen LogP contribution in [0.2, 0.25) is 0 Å². The number of carbonyl (C=O) groups is 1. The lowest BCUT2D eigenvalue weighted by Gasteiger charge is -2.09. The Kier molecular flexibility index (Phi) is 25.5. The zero-order valence-corrected chi connectivity index (χ0v) is 26.0. The summed E-state index contributed by atoms with van der Waals surface area (Å²) in [5.74, 6) is -14.1. The molecule has 1 rings (SSSR count). The molecule has 0 saturated heterocycles. The van der Waals surface area contributed by atoms with E-state index in [0.717, 1.165) is 5.33 Å². The number of ether oxygens (including phenoxy) is 10. The van der Waals surface area contributed by atoms with Crippen LogP contribution in [0.4, 0.5) is 22.0 Å². The second kappa shape index (κ2) is 27.7. The number of esters is 1. The second-order valence-corrected chi connectivity index (χ2v) is 9.12. The quantitative estimate of drug-likeness (QED) is 0.0223. The summed E-state index contributed by atoms with van der Waals surface area (Å²) < 4.78 is 118. The van der Waals surface area contributed by atoms with E-state index in [2.05, 4.69) is 20.7 Å². The molecule has 0 radical (unpaired) electrons. The van der Waals surface area contributed by atoms with Gasteiger partial charge in [0.15, 0.2) is 0 Å². The van der Waals surface area contributed by atoms with Crippen LogP contribution >= 0.6 is 15.9 Å². The smallest absolute Gasteiger partial charge is 0.313 e. The molecule has 0 atom stereocenters. The van der Waals surface area contributed by atoms with E-state index in [0.29, 0.717) is 92.5 Å². The first-order valence-corrected chi connectivity index (χ1v) is 15.0. The van der Waals surface area contributed by atoms with Crippen LogP contribution in [0.3, 0.4) is 0 Å². The molecule has 0 bridgehead atoms. The highest BCUT2D eigenvalue weighted by Crippen LogP contribution is 2.29. The van der Waals surface area contributed by atoms with E-state index in [1.807, 2.05) is 0 Å². The van der Waals surface area contributed by atoms with Gasteiger partial charge < -0.3 is 47.4 Å². The Morgan fingerprint density at radius 3 is 0.955 bits per heavy atom. The number of carbonyl (C=O) groups excluding carboxylic acids is 1. The fourth-order valence-corrected chi connectivity index (χ4v) is 3.14. The molecule has 1 aromatic rings. The van der Waals surface area contributed by atoms with Crippen LogP contribution in [-0.2, 0) is 47.4 Å². The molecule has 0 N–H and O–H groups in total. The van der Waals surface area contributed by atoms with Crippen molar-refractivity contribution in [2.45, 2.75) is 6.42 Å². The number of hydrogen-bond acceptors (Lipinski definition) is 11. The van der Waals surface area contributed by atoms with Crippen LogP contribution in [0.15, 0.2) is 0 Å². The monoisotopic (exact) mass is 714 g/mol. The Hall–Kier alpha value is -1.54. The number of alkyl halides is 1. The maximum Gasteiger partial charge on any atom is 0.313 e. The van der Waals surface area contributed by atoms with Crippen LogP contribution in [-0.4, -0.2) is 130 Å². The molecule has 256 valence electrons. The third-order valence-corrected chi connectivity index (χ3v) is 5.36. The topological polar surface area (TPSA) is 109 Å². The molecule has 0 unspecified atom stereocenters. The average Bonchev–Trinajstić information content (AvgIpc) is 3.02. The molecule has 44 heavy (non-hydrogen) atoms. The first-order valence-electron chi connectivity index (χ1n) is 13.9. The molecular formula is C27H40BrF5O11. The lowest BCUT2D eigenvalue weighted by atomic mass is 10.2. The van der Waals surface area contributed by atoms with Crippen LogP contribution in [0.1, 0.15) is 6.42 Å². The lowest BCUT2D eigenvalue weighted by molar-refractivity contribution is -0.136. The van der Waals surface area contributed by atoms with E-state index < -0.39 is 47.2 Å². The first-order chi connectivity index (χ1) is 21.4. The molecule has 0 aliphatic rings. The average molecular weight is 716 g/mol. The summed E-state index contributed by atoms with van der Waals surface area (Å²) in [6.07, 6.45) is -0.483. The van der Waals surface area contributed by atoms with Gasteiger partial charge in [0.1, 0.15) is 0 Å². The molecule has 0 fully saturated rings. The van der Waals surface area contributed by atoms with Crippen molar-refractivity contribution in [1.29, 1.82) is 0 Å². The normalized spacial score (nSPS) is 11.4. The lowest BCUT2D eigenvalue weighted by Crippen LogP contribution is -2.16. The summed E-state index contributed by atoms with van der Waals surface area (Å²) in [4.78, 5) is 11.6. The Bertz CT molecular complexity index is 860. The van der Waals surface area contributed by atoms with Gasteiger partial charge in [-0.1, -0.05) is 15.9 Å². The molecule has 0 heterocycles. The van der Waals surface area contributed by atoms with Gasteiger partial charge >= 0.3 is 5.97 Å². The van der Waals surface area contributed by atoms with E-state index in [-0.39, 0.29) is 26.4 Å². The van der Waals surface area contributed by atoms with Gasteiger partial charge in [0.25, 0.3) is 0 Å². The van der Waals surface area contributed by atoms with E-state index in [1.165, 1.54) is 0 Å². The van der Waals surface area contributed by atoms with E-state index >= 15 is 0 Å². The number of halogens is 6. The molecule has 0 aromatic heterocycles. The van der Waals surface area contributed by atoms with Gasteiger partial charge in [0.2, 0.25) is 34.8 Å². The second-order valence-electron chi connectivity index (χ2n) is 8.32. The third-order valence-electron chi connectivity index (χ3n) is 5.03. The number of benzene rings is 1. The molecule has 0 aliphatic heterocycles. The van der Waals surface area contributed by atoms with Crippen molar-refractivity contribution < 1.29 is 74.1 Å². The summed E-state index contributed by atoms with van der Waals surface area (Å²) in [6.45, 7) is 6.86. The summed E-state index contributed by atoms with van der Waals surface area (Å²) in [7, 11) is 0. The van der Waals surface area contributed by atoms with Crippen molar-refractivity contribution in [1.82, 2.24) is 0 Å². The summed E-state index contributed by atoms with van der Waals surface area (Å²) in [5, 5.41) is 0.810. The van der Waals surface area contributed by atoms with Gasteiger partial charge in [0, 0.05) is 5.33 Å². The predicted octanol–water partition coefficient (Wildman–Crippen LogP) is 3.22. The zero-order valence-electron chi connectivity index (χ0n) is 24.4. The molecule has 0 aliphatic carbocycles. The van der Waals surface area contributed by atoms with Crippen molar-refractivity contribution in [3.8, 4) is 5.75 Å². The standard InChI is InChI=1S/C27H40BrF5O11/c28-2-4-36-6-8-38-10-12-40-14-16-42-18-20-43-19-17-41-15-13-39-11-9-37-7-5-35-3-1-21(34)44-27-25(32)23(30)22(29)24(31)26(27)33/h1-20H2. The molecule has 0 saturated carbocycles. The minimum absolute atomic E-state index is 0.0853. The number of hydrogen-bond donors (Lipinski definition) is 0. The maximum atomic E-state index is 13.5. The molecule has 11 nitrogen and oxygen atoms in total.